The van der Waals surface area contributed by atoms with Gasteiger partial charge in [-0.05, 0) is 29.1 Å². The Morgan fingerprint density at radius 1 is 1.44 bits per heavy atom. The quantitative estimate of drug-likeness (QED) is 0.934. The molecule has 2 N–H and O–H groups in total. The number of Topliss-reactive ketones (excluding diaryl/α,β-unsaturated/α-hetero) is 1. The SMILES string of the molecule is NC(C(=O)Cc1ccc(F)cc1Br)c1cccs1. The van der Waals surface area contributed by atoms with Crippen molar-refractivity contribution < 1.29 is 9.18 Å². The molecule has 0 aliphatic rings. The molecule has 0 fully saturated rings. The van der Waals surface area contributed by atoms with Crippen LogP contribution in [0.4, 0.5) is 4.39 Å². The average molecular weight is 328 g/mol. The molecule has 1 heterocycles. The highest BCUT2D eigenvalue weighted by molar-refractivity contribution is 9.10. The van der Waals surface area contributed by atoms with E-state index >= 15 is 0 Å². The van der Waals surface area contributed by atoms with E-state index in [1.165, 1.54) is 23.5 Å². The van der Waals surface area contributed by atoms with Crippen LogP contribution in [-0.2, 0) is 11.2 Å². The fourth-order valence-corrected chi connectivity index (χ4v) is 2.83. The molecule has 5 heteroatoms. The third-order valence-electron chi connectivity index (χ3n) is 2.58. The van der Waals surface area contributed by atoms with Crippen LogP contribution >= 0.6 is 27.3 Å². The number of halogens is 2. The molecule has 1 aromatic carbocycles. The molecule has 1 atom stereocenters. The Morgan fingerprint density at radius 2 is 2.22 bits per heavy atom. The Hall–Kier alpha value is -1.04. The minimum absolute atomic E-state index is 0.0789. The number of rotatable bonds is 4. The molecule has 2 aromatic rings. The van der Waals surface area contributed by atoms with Crippen molar-refractivity contribution in [2.45, 2.75) is 12.5 Å². The van der Waals surface area contributed by atoms with E-state index < -0.39 is 6.04 Å². The standard InChI is InChI=1S/C13H11BrFNOS/c14-10-7-9(15)4-3-8(10)6-11(17)13(16)12-2-1-5-18-12/h1-5,7,13H,6,16H2. The maximum atomic E-state index is 12.9. The molecule has 18 heavy (non-hydrogen) atoms. The van der Waals surface area contributed by atoms with Crippen LogP contribution in [0.2, 0.25) is 0 Å². The van der Waals surface area contributed by atoms with Crippen LogP contribution in [-0.4, -0.2) is 5.78 Å². The molecular weight excluding hydrogens is 317 g/mol. The van der Waals surface area contributed by atoms with Gasteiger partial charge in [-0.3, -0.25) is 4.79 Å². The van der Waals surface area contributed by atoms with Gasteiger partial charge in [-0.25, -0.2) is 4.39 Å². The second-order valence-electron chi connectivity index (χ2n) is 3.87. The summed E-state index contributed by atoms with van der Waals surface area (Å²) < 4.78 is 13.5. The van der Waals surface area contributed by atoms with E-state index in [1.807, 2.05) is 17.5 Å². The van der Waals surface area contributed by atoms with Crippen molar-refractivity contribution in [2.75, 3.05) is 0 Å². The number of ketones is 1. The molecule has 0 spiro atoms. The molecule has 2 nitrogen and oxygen atoms in total. The van der Waals surface area contributed by atoms with Crippen molar-refractivity contribution >= 4 is 33.0 Å². The van der Waals surface area contributed by atoms with Crippen molar-refractivity contribution in [3.63, 3.8) is 0 Å². The smallest absolute Gasteiger partial charge is 0.159 e. The van der Waals surface area contributed by atoms with Gasteiger partial charge in [-0.1, -0.05) is 28.1 Å². The highest BCUT2D eigenvalue weighted by Gasteiger charge is 2.18. The van der Waals surface area contributed by atoms with E-state index in [-0.39, 0.29) is 18.0 Å². The molecule has 0 radical (unpaired) electrons. The molecule has 0 amide bonds. The van der Waals surface area contributed by atoms with Gasteiger partial charge in [0.2, 0.25) is 0 Å². The Balaban J connectivity index is 2.12. The number of benzene rings is 1. The van der Waals surface area contributed by atoms with E-state index in [9.17, 15) is 9.18 Å². The van der Waals surface area contributed by atoms with Crippen LogP contribution in [0.15, 0.2) is 40.2 Å². The lowest BCUT2D eigenvalue weighted by Gasteiger charge is -2.09. The fourth-order valence-electron chi connectivity index (χ4n) is 1.59. The monoisotopic (exact) mass is 327 g/mol. The van der Waals surface area contributed by atoms with Crippen LogP contribution in [0.25, 0.3) is 0 Å². The number of hydrogen-bond donors (Lipinski definition) is 1. The topological polar surface area (TPSA) is 43.1 Å². The van der Waals surface area contributed by atoms with Crippen molar-refractivity contribution in [3.05, 3.63) is 56.4 Å². The third-order valence-corrected chi connectivity index (χ3v) is 4.27. The van der Waals surface area contributed by atoms with Gasteiger partial charge in [-0.2, -0.15) is 0 Å². The van der Waals surface area contributed by atoms with Gasteiger partial charge < -0.3 is 5.73 Å². The molecule has 2 rings (SSSR count). The summed E-state index contributed by atoms with van der Waals surface area (Å²) in [5.41, 5.74) is 6.63. The van der Waals surface area contributed by atoms with Crippen molar-refractivity contribution in [2.24, 2.45) is 5.73 Å². The Kier molecular flexibility index (Phi) is 4.27. The molecule has 0 bridgehead atoms. The second-order valence-corrected chi connectivity index (χ2v) is 5.71. The zero-order chi connectivity index (χ0) is 13.1. The van der Waals surface area contributed by atoms with Gasteiger partial charge in [0.25, 0.3) is 0 Å². The number of carbonyl (C=O) groups is 1. The first-order chi connectivity index (χ1) is 8.58. The van der Waals surface area contributed by atoms with Gasteiger partial charge in [0.15, 0.2) is 5.78 Å². The lowest BCUT2D eigenvalue weighted by Crippen LogP contribution is -2.22. The van der Waals surface area contributed by atoms with E-state index in [4.69, 9.17) is 5.73 Å². The van der Waals surface area contributed by atoms with Gasteiger partial charge in [0.05, 0.1) is 6.04 Å². The highest BCUT2D eigenvalue weighted by Crippen LogP contribution is 2.23. The number of carbonyl (C=O) groups excluding carboxylic acids is 1. The zero-order valence-corrected chi connectivity index (χ0v) is 11.8. The minimum atomic E-state index is -0.609. The number of thiophene rings is 1. The van der Waals surface area contributed by atoms with E-state index in [0.29, 0.717) is 4.47 Å². The molecular formula is C13H11BrFNOS. The summed E-state index contributed by atoms with van der Waals surface area (Å²) >= 11 is 4.70. The summed E-state index contributed by atoms with van der Waals surface area (Å²) in [6, 6.07) is 7.37. The maximum absolute atomic E-state index is 12.9. The molecule has 0 aliphatic heterocycles. The van der Waals surface area contributed by atoms with E-state index in [1.54, 1.807) is 6.07 Å². The average Bonchev–Trinajstić information content (AvgIpc) is 2.85. The lowest BCUT2D eigenvalue weighted by molar-refractivity contribution is -0.119. The minimum Gasteiger partial charge on any atom is -0.317 e. The van der Waals surface area contributed by atoms with Crippen molar-refractivity contribution in [1.82, 2.24) is 0 Å². The largest absolute Gasteiger partial charge is 0.317 e. The Morgan fingerprint density at radius 3 is 2.83 bits per heavy atom. The van der Waals surface area contributed by atoms with Crippen LogP contribution in [0.3, 0.4) is 0 Å². The molecule has 1 unspecified atom stereocenters. The van der Waals surface area contributed by atoms with E-state index in [2.05, 4.69) is 15.9 Å². The van der Waals surface area contributed by atoms with Crippen LogP contribution in [0.5, 0.6) is 0 Å². The molecule has 0 aliphatic carbocycles. The predicted octanol–water partition coefficient (Wildman–Crippen LogP) is 3.46. The molecule has 0 saturated carbocycles. The Labute approximate surface area is 117 Å². The van der Waals surface area contributed by atoms with Crippen LogP contribution in [0, 0.1) is 5.82 Å². The number of hydrogen-bond acceptors (Lipinski definition) is 3. The summed E-state index contributed by atoms with van der Waals surface area (Å²) in [5.74, 6) is -0.412. The number of nitrogens with two attached hydrogens (primary N) is 1. The third kappa shape index (κ3) is 3.04. The van der Waals surface area contributed by atoms with Gasteiger partial charge in [-0.15, -0.1) is 11.3 Å². The van der Waals surface area contributed by atoms with E-state index in [0.717, 1.165) is 10.4 Å². The zero-order valence-electron chi connectivity index (χ0n) is 9.40. The summed E-state index contributed by atoms with van der Waals surface area (Å²) in [7, 11) is 0. The summed E-state index contributed by atoms with van der Waals surface area (Å²) in [6.45, 7) is 0. The molecule has 0 saturated heterocycles. The Bertz CT molecular complexity index is 556. The van der Waals surface area contributed by atoms with Crippen molar-refractivity contribution in [1.29, 1.82) is 0 Å². The fraction of sp³-hybridized carbons (Fsp3) is 0.154. The van der Waals surface area contributed by atoms with Crippen molar-refractivity contribution in [3.8, 4) is 0 Å². The highest BCUT2D eigenvalue weighted by atomic mass is 79.9. The molecule has 94 valence electrons. The molecule has 1 aromatic heterocycles. The summed E-state index contributed by atoms with van der Waals surface area (Å²) in [5, 5.41) is 1.89. The normalized spacial score (nSPS) is 12.4. The summed E-state index contributed by atoms with van der Waals surface area (Å²) in [4.78, 5) is 12.9. The van der Waals surface area contributed by atoms with Gasteiger partial charge >= 0.3 is 0 Å². The first-order valence-electron chi connectivity index (χ1n) is 5.33. The van der Waals surface area contributed by atoms with Gasteiger partial charge in [0.1, 0.15) is 5.82 Å². The second kappa shape index (κ2) is 5.73. The van der Waals surface area contributed by atoms with Crippen LogP contribution in [0.1, 0.15) is 16.5 Å². The maximum Gasteiger partial charge on any atom is 0.159 e. The van der Waals surface area contributed by atoms with Gasteiger partial charge in [0, 0.05) is 15.8 Å². The first-order valence-corrected chi connectivity index (χ1v) is 7.01. The van der Waals surface area contributed by atoms with Crippen LogP contribution < -0.4 is 5.73 Å². The summed E-state index contributed by atoms with van der Waals surface area (Å²) in [6.07, 6.45) is 0.194. The predicted molar refractivity (Wildman–Crippen MR) is 74.1 cm³/mol. The first kappa shape index (κ1) is 13.4. The lowest BCUT2D eigenvalue weighted by atomic mass is 10.0.